The van der Waals surface area contributed by atoms with Crippen LogP contribution in [0.25, 0.3) is 0 Å². The standard InChI is InChI=1S/C21H33N3O3S/c1-16-8-10-23(11-9-16)15-21(25)22-19-4-6-20(7-5-19)28(26,27)24-13-17(2)12-18(3)14-24/h4-7,16-18H,8-15H2,1-3H3,(H,22,25)/t17-,18+. The topological polar surface area (TPSA) is 69.7 Å². The Kier molecular flexibility index (Phi) is 6.78. The molecule has 6 nitrogen and oxygen atoms in total. The van der Waals surface area contributed by atoms with Crippen molar-refractivity contribution in [3.63, 3.8) is 0 Å². The minimum Gasteiger partial charge on any atom is -0.325 e. The minimum atomic E-state index is -3.49. The molecular formula is C21H33N3O3S. The number of rotatable bonds is 5. The molecule has 0 bridgehead atoms. The highest BCUT2D eigenvalue weighted by Gasteiger charge is 2.31. The van der Waals surface area contributed by atoms with Crippen LogP contribution >= 0.6 is 0 Å². The summed E-state index contributed by atoms with van der Waals surface area (Å²) in [4.78, 5) is 14.7. The van der Waals surface area contributed by atoms with E-state index in [1.807, 2.05) is 0 Å². The summed E-state index contributed by atoms with van der Waals surface area (Å²) in [6, 6.07) is 6.55. The molecule has 1 N–H and O–H groups in total. The van der Waals surface area contributed by atoms with Gasteiger partial charge in [0.2, 0.25) is 15.9 Å². The van der Waals surface area contributed by atoms with E-state index in [2.05, 4.69) is 31.0 Å². The molecule has 2 fully saturated rings. The number of anilines is 1. The first-order valence-corrected chi connectivity index (χ1v) is 11.8. The van der Waals surface area contributed by atoms with Crippen molar-refractivity contribution in [2.75, 3.05) is 38.0 Å². The van der Waals surface area contributed by atoms with Gasteiger partial charge in [0.05, 0.1) is 11.4 Å². The maximum Gasteiger partial charge on any atom is 0.243 e. The number of hydrogen-bond donors (Lipinski definition) is 1. The van der Waals surface area contributed by atoms with E-state index >= 15 is 0 Å². The van der Waals surface area contributed by atoms with Gasteiger partial charge in [0.15, 0.2) is 0 Å². The normalized spacial score (nSPS) is 25.5. The molecule has 1 amide bonds. The van der Waals surface area contributed by atoms with Gasteiger partial charge >= 0.3 is 0 Å². The molecule has 2 aliphatic rings. The molecule has 1 aromatic carbocycles. The fourth-order valence-electron chi connectivity index (χ4n) is 4.29. The van der Waals surface area contributed by atoms with Crippen LogP contribution in [0.2, 0.25) is 0 Å². The molecule has 1 aromatic rings. The van der Waals surface area contributed by atoms with Crippen LogP contribution in [0.15, 0.2) is 29.2 Å². The van der Waals surface area contributed by atoms with Crippen molar-refractivity contribution in [1.29, 1.82) is 0 Å². The Morgan fingerprint density at radius 3 is 2.14 bits per heavy atom. The van der Waals surface area contributed by atoms with E-state index in [4.69, 9.17) is 0 Å². The molecule has 0 saturated carbocycles. The van der Waals surface area contributed by atoms with Gasteiger partial charge < -0.3 is 5.32 Å². The highest BCUT2D eigenvalue weighted by molar-refractivity contribution is 7.89. The first kappa shape index (κ1) is 21.3. The van der Waals surface area contributed by atoms with Crippen LogP contribution in [0.4, 0.5) is 5.69 Å². The van der Waals surface area contributed by atoms with E-state index in [1.54, 1.807) is 28.6 Å². The Labute approximate surface area is 169 Å². The average Bonchev–Trinajstić information content (AvgIpc) is 2.63. The van der Waals surface area contributed by atoms with E-state index in [1.165, 1.54) is 0 Å². The van der Waals surface area contributed by atoms with Crippen LogP contribution in [0.1, 0.15) is 40.0 Å². The molecule has 3 rings (SSSR count). The zero-order valence-electron chi connectivity index (χ0n) is 17.2. The maximum atomic E-state index is 12.9. The van der Waals surface area contributed by atoms with Crippen LogP contribution in [-0.2, 0) is 14.8 Å². The molecular weight excluding hydrogens is 374 g/mol. The van der Waals surface area contributed by atoms with Crippen molar-refractivity contribution in [3.05, 3.63) is 24.3 Å². The molecule has 0 spiro atoms. The van der Waals surface area contributed by atoms with Gasteiger partial charge in [-0.25, -0.2) is 8.42 Å². The van der Waals surface area contributed by atoms with Gasteiger partial charge in [-0.05, 0) is 74.4 Å². The highest BCUT2D eigenvalue weighted by Crippen LogP contribution is 2.27. The third-order valence-electron chi connectivity index (χ3n) is 5.85. The van der Waals surface area contributed by atoms with Gasteiger partial charge in [0.25, 0.3) is 0 Å². The molecule has 28 heavy (non-hydrogen) atoms. The number of nitrogens with one attached hydrogen (secondary N) is 1. The Bertz CT molecular complexity index is 761. The molecule has 7 heteroatoms. The highest BCUT2D eigenvalue weighted by atomic mass is 32.2. The third-order valence-corrected chi connectivity index (χ3v) is 7.70. The van der Waals surface area contributed by atoms with Crippen molar-refractivity contribution >= 4 is 21.6 Å². The summed E-state index contributed by atoms with van der Waals surface area (Å²) in [7, 11) is -3.49. The largest absolute Gasteiger partial charge is 0.325 e. The van der Waals surface area contributed by atoms with Crippen molar-refractivity contribution in [1.82, 2.24) is 9.21 Å². The van der Waals surface area contributed by atoms with Crippen molar-refractivity contribution in [2.24, 2.45) is 17.8 Å². The number of sulfonamides is 1. The monoisotopic (exact) mass is 407 g/mol. The number of piperidine rings is 2. The summed E-state index contributed by atoms with van der Waals surface area (Å²) >= 11 is 0. The van der Waals surface area contributed by atoms with Crippen LogP contribution < -0.4 is 5.32 Å². The number of benzene rings is 1. The van der Waals surface area contributed by atoms with Crippen LogP contribution in [-0.4, -0.2) is 56.3 Å². The molecule has 2 aliphatic heterocycles. The Hall–Kier alpha value is -1.44. The third kappa shape index (κ3) is 5.33. The Morgan fingerprint density at radius 2 is 1.57 bits per heavy atom. The number of amides is 1. The van der Waals surface area contributed by atoms with Gasteiger partial charge in [-0.15, -0.1) is 0 Å². The average molecular weight is 408 g/mol. The molecule has 156 valence electrons. The fourth-order valence-corrected chi connectivity index (χ4v) is 5.96. The molecule has 2 heterocycles. The summed E-state index contributed by atoms with van der Waals surface area (Å²) < 4.78 is 27.5. The Morgan fingerprint density at radius 1 is 1.00 bits per heavy atom. The number of carbonyl (C=O) groups is 1. The molecule has 2 atom stereocenters. The number of carbonyl (C=O) groups excluding carboxylic acids is 1. The van der Waals surface area contributed by atoms with Crippen molar-refractivity contribution in [3.8, 4) is 0 Å². The van der Waals surface area contributed by atoms with Crippen molar-refractivity contribution < 1.29 is 13.2 Å². The lowest BCUT2D eigenvalue weighted by Gasteiger charge is -2.34. The lowest BCUT2D eigenvalue weighted by atomic mass is 9.94. The van der Waals surface area contributed by atoms with Crippen LogP contribution in [0.3, 0.4) is 0 Å². The predicted molar refractivity (Wildman–Crippen MR) is 112 cm³/mol. The summed E-state index contributed by atoms with van der Waals surface area (Å²) in [5.41, 5.74) is 0.634. The van der Waals surface area contributed by atoms with E-state index < -0.39 is 10.0 Å². The van der Waals surface area contributed by atoms with E-state index in [0.717, 1.165) is 38.3 Å². The van der Waals surface area contributed by atoms with Gasteiger partial charge in [0, 0.05) is 18.8 Å². The zero-order chi connectivity index (χ0) is 20.3. The van der Waals surface area contributed by atoms with Crippen molar-refractivity contribution in [2.45, 2.75) is 44.9 Å². The van der Waals surface area contributed by atoms with E-state index in [0.29, 0.717) is 37.2 Å². The van der Waals surface area contributed by atoms with Gasteiger partial charge in [-0.3, -0.25) is 9.69 Å². The molecule has 0 aromatic heterocycles. The molecule has 0 unspecified atom stereocenters. The lowest BCUT2D eigenvalue weighted by Crippen LogP contribution is -2.42. The van der Waals surface area contributed by atoms with Gasteiger partial charge in [-0.1, -0.05) is 20.8 Å². The SMILES string of the molecule is CC1CCN(CC(=O)Nc2ccc(S(=O)(=O)N3C[C@H](C)C[C@H](C)C3)cc2)CC1. The summed E-state index contributed by atoms with van der Waals surface area (Å²) in [6.45, 7) is 9.88. The predicted octanol–water partition coefficient (Wildman–Crippen LogP) is 3.02. The number of likely N-dealkylation sites (tertiary alicyclic amines) is 1. The number of hydrogen-bond acceptors (Lipinski definition) is 4. The second-order valence-corrected chi connectivity index (χ2v) is 10.7. The van der Waals surface area contributed by atoms with Gasteiger partial charge in [0.1, 0.15) is 0 Å². The first-order chi connectivity index (χ1) is 13.2. The Balaban J connectivity index is 1.59. The second-order valence-electron chi connectivity index (χ2n) is 8.80. The van der Waals surface area contributed by atoms with Crippen LogP contribution in [0.5, 0.6) is 0 Å². The number of nitrogens with zero attached hydrogens (tertiary/aromatic N) is 2. The summed E-state index contributed by atoms with van der Waals surface area (Å²) in [5, 5.41) is 2.88. The molecule has 2 saturated heterocycles. The lowest BCUT2D eigenvalue weighted by molar-refractivity contribution is -0.117. The van der Waals surface area contributed by atoms with E-state index in [9.17, 15) is 13.2 Å². The van der Waals surface area contributed by atoms with E-state index in [-0.39, 0.29) is 10.8 Å². The molecule has 0 radical (unpaired) electrons. The van der Waals surface area contributed by atoms with Gasteiger partial charge in [-0.2, -0.15) is 4.31 Å². The fraction of sp³-hybridized carbons (Fsp3) is 0.667. The summed E-state index contributed by atoms with van der Waals surface area (Å²) in [5.74, 6) is 1.42. The quantitative estimate of drug-likeness (QED) is 0.815. The molecule has 0 aliphatic carbocycles. The smallest absolute Gasteiger partial charge is 0.243 e. The summed E-state index contributed by atoms with van der Waals surface area (Å²) in [6.07, 6.45) is 3.33. The second kappa shape index (κ2) is 8.93. The zero-order valence-corrected chi connectivity index (χ0v) is 18.0. The minimum absolute atomic E-state index is 0.0520. The first-order valence-electron chi connectivity index (χ1n) is 10.4. The maximum absolute atomic E-state index is 12.9. The van der Waals surface area contributed by atoms with Crippen LogP contribution in [0, 0.1) is 17.8 Å².